The molecule has 13 heavy (non-hydrogen) atoms. The van der Waals surface area contributed by atoms with Gasteiger partial charge in [-0.25, -0.2) is 0 Å². The number of nitrogens with zero attached hydrogens (tertiary/aromatic N) is 1. The van der Waals surface area contributed by atoms with Crippen LogP contribution in [0.2, 0.25) is 0 Å². The van der Waals surface area contributed by atoms with Gasteiger partial charge < -0.3 is 10.4 Å². The van der Waals surface area contributed by atoms with Crippen molar-refractivity contribution in [3.05, 3.63) is 0 Å². The van der Waals surface area contributed by atoms with E-state index in [1.54, 1.807) is 6.92 Å². The summed E-state index contributed by atoms with van der Waals surface area (Å²) in [5.41, 5.74) is 0.0818. The molecule has 0 aromatic heterocycles. The third-order valence-corrected chi connectivity index (χ3v) is 2.56. The first-order chi connectivity index (χ1) is 6.09. The average molecular weight is 182 g/mol. The van der Waals surface area contributed by atoms with E-state index in [2.05, 4.69) is 11.4 Å². The van der Waals surface area contributed by atoms with Crippen molar-refractivity contribution in [3.8, 4) is 6.07 Å². The van der Waals surface area contributed by atoms with Gasteiger partial charge in [-0.05, 0) is 25.2 Å². The Kier molecular flexibility index (Phi) is 2.89. The van der Waals surface area contributed by atoms with Gasteiger partial charge in [-0.3, -0.25) is 4.79 Å². The van der Waals surface area contributed by atoms with E-state index in [1.807, 2.05) is 0 Å². The van der Waals surface area contributed by atoms with Crippen LogP contribution < -0.4 is 5.32 Å². The molecule has 2 N–H and O–H groups in total. The summed E-state index contributed by atoms with van der Waals surface area (Å²) in [7, 11) is 0. The smallest absolute Gasteiger partial charge is 0.320 e. The molecular formula is C9H14N2O2. The molecule has 0 aromatic rings. The highest BCUT2D eigenvalue weighted by Gasteiger charge is 2.42. The molecule has 72 valence electrons. The van der Waals surface area contributed by atoms with E-state index >= 15 is 0 Å². The SMILES string of the molecule is CC(NCC1(CC#N)CC1)C(=O)O. The van der Waals surface area contributed by atoms with Crippen molar-refractivity contribution in [1.29, 1.82) is 5.26 Å². The van der Waals surface area contributed by atoms with Crippen LogP contribution in [0.4, 0.5) is 0 Å². The van der Waals surface area contributed by atoms with Crippen LogP contribution in [0.15, 0.2) is 0 Å². The molecule has 0 radical (unpaired) electrons. The standard InChI is InChI=1S/C9H14N2O2/c1-7(8(12)13)11-6-9(2-3-9)4-5-10/h7,11H,2-4,6H2,1H3,(H,12,13). The summed E-state index contributed by atoms with van der Waals surface area (Å²) < 4.78 is 0. The second-order valence-electron chi connectivity index (χ2n) is 3.78. The monoisotopic (exact) mass is 182 g/mol. The van der Waals surface area contributed by atoms with Crippen LogP contribution in [0.3, 0.4) is 0 Å². The van der Waals surface area contributed by atoms with Crippen LogP contribution in [-0.4, -0.2) is 23.7 Å². The molecule has 4 heteroatoms. The van der Waals surface area contributed by atoms with Gasteiger partial charge in [0.1, 0.15) is 6.04 Å². The van der Waals surface area contributed by atoms with Crippen molar-refractivity contribution in [2.75, 3.05) is 6.54 Å². The Balaban J connectivity index is 2.27. The zero-order valence-corrected chi connectivity index (χ0v) is 7.71. The van der Waals surface area contributed by atoms with Crippen LogP contribution >= 0.6 is 0 Å². The molecule has 1 aliphatic rings. The van der Waals surface area contributed by atoms with Crippen molar-refractivity contribution in [2.45, 2.75) is 32.2 Å². The normalized spacial score (nSPS) is 20.3. The van der Waals surface area contributed by atoms with Gasteiger partial charge in [0, 0.05) is 13.0 Å². The van der Waals surface area contributed by atoms with Crippen molar-refractivity contribution < 1.29 is 9.90 Å². The fraction of sp³-hybridized carbons (Fsp3) is 0.778. The zero-order valence-electron chi connectivity index (χ0n) is 7.71. The maximum Gasteiger partial charge on any atom is 0.320 e. The summed E-state index contributed by atoms with van der Waals surface area (Å²) in [6.07, 6.45) is 2.62. The number of carboxylic acids is 1. The Morgan fingerprint density at radius 2 is 2.38 bits per heavy atom. The summed E-state index contributed by atoms with van der Waals surface area (Å²) in [5, 5.41) is 20.0. The highest BCUT2D eigenvalue weighted by atomic mass is 16.4. The Labute approximate surface area is 77.6 Å². The number of carbonyl (C=O) groups is 1. The van der Waals surface area contributed by atoms with Gasteiger partial charge in [0.15, 0.2) is 0 Å². The van der Waals surface area contributed by atoms with E-state index in [0.29, 0.717) is 13.0 Å². The van der Waals surface area contributed by atoms with Gasteiger partial charge in [0.05, 0.1) is 6.07 Å². The topological polar surface area (TPSA) is 73.1 Å². The molecule has 0 aromatic carbocycles. The molecule has 1 unspecified atom stereocenters. The molecule has 1 saturated carbocycles. The number of nitrogens with one attached hydrogen (secondary N) is 1. The third kappa shape index (κ3) is 2.71. The minimum absolute atomic E-state index is 0.0818. The molecule has 0 spiro atoms. The predicted molar refractivity (Wildman–Crippen MR) is 47.0 cm³/mol. The maximum atomic E-state index is 10.5. The second-order valence-corrected chi connectivity index (χ2v) is 3.78. The number of rotatable bonds is 5. The molecule has 4 nitrogen and oxygen atoms in total. The second kappa shape index (κ2) is 3.75. The Hall–Kier alpha value is -1.08. The summed E-state index contributed by atoms with van der Waals surface area (Å²) in [5.74, 6) is -0.840. The van der Waals surface area contributed by atoms with E-state index in [1.165, 1.54) is 0 Å². The van der Waals surface area contributed by atoms with Crippen molar-refractivity contribution in [3.63, 3.8) is 0 Å². The van der Waals surface area contributed by atoms with Crippen LogP contribution in [-0.2, 0) is 4.79 Å². The lowest BCUT2D eigenvalue weighted by Gasteiger charge is -2.14. The molecule has 0 saturated heterocycles. The molecular weight excluding hydrogens is 168 g/mol. The lowest BCUT2D eigenvalue weighted by atomic mass is 10.0. The molecule has 0 heterocycles. The van der Waals surface area contributed by atoms with E-state index in [9.17, 15) is 4.79 Å². The van der Waals surface area contributed by atoms with Gasteiger partial charge in [-0.2, -0.15) is 5.26 Å². The van der Waals surface area contributed by atoms with Gasteiger partial charge in [-0.1, -0.05) is 0 Å². The first kappa shape index (κ1) is 10.0. The minimum atomic E-state index is -0.840. The minimum Gasteiger partial charge on any atom is -0.480 e. The lowest BCUT2D eigenvalue weighted by Crippen LogP contribution is -2.37. The van der Waals surface area contributed by atoms with Crippen molar-refractivity contribution in [1.82, 2.24) is 5.32 Å². The van der Waals surface area contributed by atoms with Crippen molar-refractivity contribution >= 4 is 5.97 Å². The van der Waals surface area contributed by atoms with Gasteiger partial charge in [-0.15, -0.1) is 0 Å². The number of carboxylic acid groups (broad SMARTS) is 1. The van der Waals surface area contributed by atoms with Gasteiger partial charge in [0.25, 0.3) is 0 Å². The highest BCUT2D eigenvalue weighted by Crippen LogP contribution is 2.47. The average Bonchev–Trinajstić information content (AvgIpc) is 2.82. The Bertz CT molecular complexity index is 240. The van der Waals surface area contributed by atoms with Crippen LogP contribution in [0, 0.1) is 16.7 Å². The number of hydrogen-bond donors (Lipinski definition) is 2. The molecule has 1 fully saturated rings. The highest BCUT2D eigenvalue weighted by molar-refractivity contribution is 5.72. The van der Waals surface area contributed by atoms with E-state index in [-0.39, 0.29) is 5.41 Å². The molecule has 1 atom stereocenters. The van der Waals surface area contributed by atoms with Crippen LogP contribution in [0.1, 0.15) is 26.2 Å². The predicted octanol–water partition coefficient (Wildman–Crippen LogP) is 0.743. The Morgan fingerprint density at radius 3 is 2.77 bits per heavy atom. The lowest BCUT2D eigenvalue weighted by molar-refractivity contribution is -0.139. The fourth-order valence-electron chi connectivity index (χ4n) is 1.22. The van der Waals surface area contributed by atoms with Crippen molar-refractivity contribution in [2.24, 2.45) is 5.41 Å². The van der Waals surface area contributed by atoms with Crippen LogP contribution in [0.25, 0.3) is 0 Å². The molecule has 1 rings (SSSR count). The summed E-state index contributed by atoms with van der Waals surface area (Å²) in [6, 6.07) is 1.62. The quantitative estimate of drug-likeness (QED) is 0.657. The molecule has 0 amide bonds. The molecule has 1 aliphatic carbocycles. The summed E-state index contributed by atoms with van der Waals surface area (Å²) in [6.45, 7) is 2.26. The molecule has 0 bridgehead atoms. The number of hydrogen-bond acceptors (Lipinski definition) is 3. The number of aliphatic carboxylic acids is 1. The number of nitriles is 1. The van der Waals surface area contributed by atoms with Gasteiger partial charge in [0.2, 0.25) is 0 Å². The molecule has 0 aliphatic heterocycles. The zero-order chi connectivity index (χ0) is 9.90. The fourth-order valence-corrected chi connectivity index (χ4v) is 1.22. The Morgan fingerprint density at radius 1 is 1.77 bits per heavy atom. The third-order valence-electron chi connectivity index (χ3n) is 2.56. The maximum absolute atomic E-state index is 10.5. The summed E-state index contributed by atoms with van der Waals surface area (Å²) >= 11 is 0. The van der Waals surface area contributed by atoms with E-state index < -0.39 is 12.0 Å². The van der Waals surface area contributed by atoms with E-state index in [4.69, 9.17) is 10.4 Å². The van der Waals surface area contributed by atoms with Crippen LogP contribution in [0.5, 0.6) is 0 Å². The summed E-state index contributed by atoms with van der Waals surface area (Å²) in [4.78, 5) is 10.5. The largest absolute Gasteiger partial charge is 0.480 e. The first-order valence-corrected chi connectivity index (χ1v) is 4.43. The van der Waals surface area contributed by atoms with Gasteiger partial charge >= 0.3 is 5.97 Å². The first-order valence-electron chi connectivity index (χ1n) is 4.43. The van der Waals surface area contributed by atoms with E-state index in [0.717, 1.165) is 12.8 Å².